The van der Waals surface area contributed by atoms with E-state index < -0.39 is 5.97 Å². The Hall–Kier alpha value is -1.75. The summed E-state index contributed by atoms with van der Waals surface area (Å²) in [7, 11) is 0. The quantitative estimate of drug-likeness (QED) is 0.463. The third-order valence-corrected chi connectivity index (χ3v) is 2.46. The van der Waals surface area contributed by atoms with E-state index in [2.05, 4.69) is 11.6 Å². The first-order chi connectivity index (χ1) is 8.72. The zero-order chi connectivity index (χ0) is 13.2. The van der Waals surface area contributed by atoms with Crippen LogP contribution < -0.4 is 0 Å². The number of allylic oxidation sites excluding steroid dienone is 4. The fourth-order valence-corrected chi connectivity index (χ4v) is 1.54. The lowest BCUT2D eigenvalue weighted by Gasteiger charge is -2.04. The van der Waals surface area contributed by atoms with E-state index in [1.807, 2.05) is 12.2 Å². The maximum absolute atomic E-state index is 9.25. The SMILES string of the molecule is C1=C(OOOC2=CCCC2)CCC1.C=CC(=O)O. The molecule has 0 aromatic heterocycles. The fourth-order valence-electron chi connectivity index (χ4n) is 1.54. The highest BCUT2D eigenvalue weighted by molar-refractivity contribution is 5.78. The molecule has 1 N–H and O–H groups in total. The van der Waals surface area contributed by atoms with Crippen LogP contribution in [0.2, 0.25) is 0 Å². The summed E-state index contributed by atoms with van der Waals surface area (Å²) in [6.07, 6.45) is 11.3. The Morgan fingerprint density at radius 2 is 1.61 bits per heavy atom. The summed E-state index contributed by atoms with van der Waals surface area (Å²) in [5.74, 6) is 0.794. The van der Waals surface area contributed by atoms with Crippen molar-refractivity contribution in [2.24, 2.45) is 0 Å². The Morgan fingerprint density at radius 3 is 1.89 bits per heavy atom. The van der Waals surface area contributed by atoms with E-state index in [1.54, 1.807) is 0 Å². The summed E-state index contributed by atoms with van der Waals surface area (Å²) in [4.78, 5) is 19.2. The first-order valence-corrected chi connectivity index (χ1v) is 5.97. The van der Waals surface area contributed by atoms with E-state index in [4.69, 9.17) is 14.9 Å². The molecular weight excluding hydrogens is 236 g/mol. The molecule has 0 spiro atoms. The van der Waals surface area contributed by atoms with Crippen LogP contribution in [0.4, 0.5) is 0 Å². The molecule has 0 aliphatic heterocycles. The van der Waals surface area contributed by atoms with Gasteiger partial charge in [-0.2, -0.15) is 0 Å². The third-order valence-electron chi connectivity index (χ3n) is 2.46. The van der Waals surface area contributed by atoms with Gasteiger partial charge in [0.05, 0.1) is 0 Å². The van der Waals surface area contributed by atoms with Crippen LogP contribution in [0.5, 0.6) is 0 Å². The van der Waals surface area contributed by atoms with Crippen LogP contribution in [0.1, 0.15) is 38.5 Å². The van der Waals surface area contributed by atoms with E-state index in [1.165, 1.54) is 0 Å². The molecule has 5 heteroatoms. The number of rotatable bonds is 5. The van der Waals surface area contributed by atoms with Crippen molar-refractivity contribution >= 4 is 5.97 Å². The lowest BCUT2D eigenvalue weighted by molar-refractivity contribution is -0.479. The number of carboxylic acids is 1. The fraction of sp³-hybridized carbons (Fsp3) is 0.462. The Bertz CT molecular complexity index is 319. The monoisotopic (exact) mass is 254 g/mol. The minimum Gasteiger partial charge on any atom is -0.478 e. The van der Waals surface area contributed by atoms with Gasteiger partial charge in [-0.15, -0.1) is 0 Å². The maximum atomic E-state index is 9.25. The van der Waals surface area contributed by atoms with Gasteiger partial charge < -0.3 is 14.9 Å². The maximum Gasteiger partial charge on any atom is 0.327 e. The van der Waals surface area contributed by atoms with Gasteiger partial charge in [0.2, 0.25) is 0 Å². The summed E-state index contributed by atoms with van der Waals surface area (Å²) in [6.45, 7) is 2.96. The third kappa shape index (κ3) is 6.10. The zero-order valence-electron chi connectivity index (χ0n) is 10.3. The predicted octanol–water partition coefficient (Wildman–Crippen LogP) is 3.26. The predicted molar refractivity (Wildman–Crippen MR) is 65.0 cm³/mol. The molecule has 0 bridgehead atoms. The average molecular weight is 254 g/mol. The molecule has 5 nitrogen and oxygen atoms in total. The lowest BCUT2D eigenvalue weighted by atomic mass is 10.4. The molecule has 0 saturated heterocycles. The first-order valence-electron chi connectivity index (χ1n) is 5.97. The number of carboxylic acid groups (broad SMARTS) is 1. The normalized spacial score (nSPS) is 17.1. The second kappa shape index (κ2) is 8.36. The minimum atomic E-state index is -0.981. The van der Waals surface area contributed by atoms with Gasteiger partial charge in [-0.05, 0) is 37.8 Å². The molecule has 0 unspecified atom stereocenters. The minimum absolute atomic E-state index is 0.833. The molecule has 2 aliphatic rings. The van der Waals surface area contributed by atoms with E-state index >= 15 is 0 Å². The summed E-state index contributed by atoms with van der Waals surface area (Å²) in [5, 5.41) is 12.3. The molecule has 0 aromatic carbocycles. The van der Waals surface area contributed by atoms with Crippen LogP contribution in [-0.4, -0.2) is 11.1 Å². The summed E-state index contributed by atoms with van der Waals surface area (Å²) >= 11 is 0. The average Bonchev–Trinajstić information content (AvgIpc) is 3.02. The highest BCUT2D eigenvalue weighted by Crippen LogP contribution is 2.21. The molecule has 0 amide bonds. The molecule has 2 rings (SSSR count). The van der Waals surface area contributed by atoms with Crippen LogP contribution in [0.25, 0.3) is 0 Å². The smallest absolute Gasteiger partial charge is 0.327 e. The van der Waals surface area contributed by atoms with Crippen molar-refractivity contribution in [1.82, 2.24) is 0 Å². The highest BCUT2D eigenvalue weighted by atomic mass is 17.5. The van der Waals surface area contributed by atoms with Crippen LogP contribution in [0.3, 0.4) is 0 Å². The number of aliphatic carboxylic acids is 1. The van der Waals surface area contributed by atoms with Crippen molar-refractivity contribution in [3.05, 3.63) is 36.3 Å². The van der Waals surface area contributed by atoms with E-state index in [9.17, 15) is 4.79 Å². The highest BCUT2D eigenvalue weighted by Gasteiger charge is 2.09. The van der Waals surface area contributed by atoms with E-state index in [0.717, 1.165) is 56.1 Å². The summed E-state index contributed by atoms with van der Waals surface area (Å²) in [6, 6.07) is 0. The topological polar surface area (TPSA) is 65.0 Å². The molecule has 0 fully saturated rings. The lowest BCUT2D eigenvalue weighted by Crippen LogP contribution is -1.94. The molecule has 0 aromatic rings. The van der Waals surface area contributed by atoms with Crippen LogP contribution in [0.15, 0.2) is 36.3 Å². The van der Waals surface area contributed by atoms with Crippen molar-refractivity contribution in [2.75, 3.05) is 0 Å². The Morgan fingerprint density at radius 1 is 1.17 bits per heavy atom. The number of hydrogen-bond donors (Lipinski definition) is 1. The zero-order valence-corrected chi connectivity index (χ0v) is 10.3. The molecule has 100 valence electrons. The molecule has 0 atom stereocenters. The second-order valence-electron chi connectivity index (χ2n) is 3.90. The van der Waals surface area contributed by atoms with Gasteiger partial charge in [0.1, 0.15) is 11.5 Å². The Labute approximate surface area is 106 Å². The van der Waals surface area contributed by atoms with Crippen molar-refractivity contribution in [1.29, 1.82) is 0 Å². The second-order valence-corrected chi connectivity index (χ2v) is 3.90. The first kappa shape index (κ1) is 14.3. The van der Waals surface area contributed by atoms with Gasteiger partial charge in [0, 0.05) is 24.0 Å². The van der Waals surface area contributed by atoms with Gasteiger partial charge in [-0.3, -0.25) is 0 Å². The molecule has 2 aliphatic carbocycles. The van der Waals surface area contributed by atoms with E-state index in [-0.39, 0.29) is 0 Å². The molecule has 0 radical (unpaired) electrons. The van der Waals surface area contributed by atoms with Crippen molar-refractivity contribution in [3.8, 4) is 0 Å². The molecule has 18 heavy (non-hydrogen) atoms. The van der Waals surface area contributed by atoms with Gasteiger partial charge in [-0.1, -0.05) is 6.58 Å². The van der Waals surface area contributed by atoms with Crippen molar-refractivity contribution < 1.29 is 24.7 Å². The Balaban J connectivity index is 0.000000280. The van der Waals surface area contributed by atoms with Crippen LogP contribution in [-0.2, 0) is 19.6 Å². The van der Waals surface area contributed by atoms with Crippen LogP contribution in [0, 0.1) is 0 Å². The van der Waals surface area contributed by atoms with E-state index in [0.29, 0.717) is 0 Å². The van der Waals surface area contributed by atoms with Crippen LogP contribution >= 0.6 is 0 Å². The number of carbonyl (C=O) groups is 1. The summed E-state index contributed by atoms with van der Waals surface area (Å²) in [5.41, 5.74) is 0. The molecule has 0 heterocycles. The Kier molecular flexibility index (Phi) is 6.64. The molecule has 0 saturated carbocycles. The van der Waals surface area contributed by atoms with Crippen molar-refractivity contribution in [3.63, 3.8) is 0 Å². The van der Waals surface area contributed by atoms with Gasteiger partial charge >= 0.3 is 5.97 Å². The van der Waals surface area contributed by atoms with Crippen molar-refractivity contribution in [2.45, 2.75) is 38.5 Å². The molecular formula is C13H18O5. The van der Waals surface area contributed by atoms with Gasteiger partial charge in [0.15, 0.2) is 0 Å². The summed E-state index contributed by atoms with van der Waals surface area (Å²) < 4.78 is 0. The standard InChI is InChI=1S/C10H14O3.C3H4O2/c1-2-6-9(5-1)11-13-12-10-7-3-4-8-10;1-2-3(4)5/h5,7H,1-4,6,8H2;2H,1H2,(H,4,5). The number of hydrogen-bond acceptors (Lipinski definition) is 4. The van der Waals surface area contributed by atoms with Gasteiger partial charge in [-0.25, -0.2) is 4.79 Å². The van der Waals surface area contributed by atoms with Gasteiger partial charge in [0.25, 0.3) is 0 Å². The largest absolute Gasteiger partial charge is 0.478 e.